The third-order valence-corrected chi connectivity index (χ3v) is 3.72. The summed E-state index contributed by atoms with van der Waals surface area (Å²) < 4.78 is 1.95. The molecule has 0 saturated heterocycles. The zero-order valence-electron chi connectivity index (χ0n) is 12.1. The van der Waals surface area contributed by atoms with Crippen LogP contribution in [0, 0.1) is 0 Å². The van der Waals surface area contributed by atoms with Crippen LogP contribution in [0.3, 0.4) is 0 Å². The Bertz CT molecular complexity index is 357. The molecule has 0 fully saturated rings. The number of hydrogen-bond donors (Lipinski definition) is 2. The Morgan fingerprint density at radius 2 is 2.17 bits per heavy atom. The molecule has 1 atom stereocenters. The highest BCUT2D eigenvalue weighted by atomic mass is 15.3. The van der Waals surface area contributed by atoms with Crippen LogP contribution < -0.4 is 11.3 Å². The van der Waals surface area contributed by atoms with Crippen molar-refractivity contribution in [2.24, 2.45) is 5.84 Å². The summed E-state index contributed by atoms with van der Waals surface area (Å²) in [5.74, 6) is 6.68. The fourth-order valence-electron chi connectivity index (χ4n) is 1.85. The maximum absolute atomic E-state index is 5.70. The number of hydrazine groups is 1. The lowest BCUT2D eigenvalue weighted by Gasteiger charge is -2.39. The van der Waals surface area contributed by atoms with E-state index in [4.69, 9.17) is 5.84 Å². The Balaban J connectivity index is 2.83. The van der Waals surface area contributed by atoms with E-state index in [2.05, 4.69) is 55.3 Å². The molecule has 0 aromatic carbocycles. The van der Waals surface area contributed by atoms with Gasteiger partial charge in [-0.3, -0.25) is 16.0 Å². The van der Waals surface area contributed by atoms with Gasteiger partial charge in [-0.05, 0) is 34.4 Å². The fourth-order valence-corrected chi connectivity index (χ4v) is 1.85. The Hall–Kier alpha value is -0.980. The van der Waals surface area contributed by atoms with Crippen LogP contribution in [0.5, 0.6) is 0 Å². The molecule has 1 rings (SSSR count). The van der Waals surface area contributed by atoms with Gasteiger partial charge < -0.3 is 4.90 Å². The number of aromatic nitrogens is 3. The van der Waals surface area contributed by atoms with Gasteiger partial charge in [0.1, 0.15) is 12.2 Å². The number of nitrogens with zero attached hydrogens (tertiary/aromatic N) is 4. The molecule has 1 heterocycles. The number of rotatable bonds is 7. The molecule has 18 heavy (non-hydrogen) atoms. The molecule has 1 aromatic heterocycles. The van der Waals surface area contributed by atoms with E-state index in [-0.39, 0.29) is 11.6 Å². The maximum atomic E-state index is 5.70. The Morgan fingerprint density at radius 1 is 1.50 bits per heavy atom. The predicted molar refractivity (Wildman–Crippen MR) is 72.9 cm³/mol. The monoisotopic (exact) mass is 254 g/mol. The van der Waals surface area contributed by atoms with Gasteiger partial charge in [0, 0.05) is 24.5 Å². The lowest BCUT2D eigenvalue weighted by molar-refractivity contribution is 0.135. The van der Waals surface area contributed by atoms with Crippen molar-refractivity contribution in [3.8, 4) is 0 Å². The van der Waals surface area contributed by atoms with Crippen LogP contribution in [0.15, 0.2) is 6.33 Å². The van der Waals surface area contributed by atoms with E-state index in [0.29, 0.717) is 0 Å². The molecule has 0 aliphatic heterocycles. The summed E-state index contributed by atoms with van der Waals surface area (Å²) in [6, 6.07) is 0.118. The summed E-state index contributed by atoms with van der Waals surface area (Å²) >= 11 is 0. The van der Waals surface area contributed by atoms with Crippen molar-refractivity contribution in [1.29, 1.82) is 0 Å². The molecule has 0 aliphatic carbocycles. The Kier molecular flexibility index (Phi) is 5.25. The normalized spacial score (nSPS) is 14.2. The lowest BCUT2D eigenvalue weighted by Crippen LogP contribution is -2.58. The average molecular weight is 254 g/mol. The van der Waals surface area contributed by atoms with Gasteiger partial charge >= 0.3 is 0 Å². The summed E-state index contributed by atoms with van der Waals surface area (Å²) in [7, 11) is 4.11. The highest BCUT2D eigenvalue weighted by Gasteiger charge is 2.32. The van der Waals surface area contributed by atoms with Crippen molar-refractivity contribution in [3.05, 3.63) is 12.2 Å². The number of aryl methyl sites for hydroxylation is 1. The van der Waals surface area contributed by atoms with Crippen molar-refractivity contribution in [2.45, 2.75) is 51.7 Å². The van der Waals surface area contributed by atoms with Crippen LogP contribution >= 0.6 is 0 Å². The zero-order chi connectivity index (χ0) is 13.8. The third-order valence-electron chi connectivity index (χ3n) is 3.72. The largest absolute Gasteiger partial charge is 0.303 e. The van der Waals surface area contributed by atoms with Gasteiger partial charge in [-0.25, -0.2) is 4.98 Å². The first kappa shape index (κ1) is 15.1. The number of nitrogens with one attached hydrogen (secondary N) is 1. The predicted octanol–water partition coefficient (Wildman–Crippen LogP) is 0.403. The van der Waals surface area contributed by atoms with Crippen LogP contribution in [0.4, 0.5) is 0 Å². The molecular formula is C12H26N6. The molecule has 1 unspecified atom stereocenters. The van der Waals surface area contributed by atoms with Gasteiger partial charge in [-0.15, -0.1) is 0 Å². The molecule has 0 amide bonds. The Morgan fingerprint density at radius 3 is 2.67 bits per heavy atom. The van der Waals surface area contributed by atoms with Crippen LogP contribution in [0.2, 0.25) is 0 Å². The molecule has 0 spiro atoms. The minimum atomic E-state index is -0.0578. The molecule has 0 aliphatic rings. The minimum Gasteiger partial charge on any atom is -0.303 e. The van der Waals surface area contributed by atoms with E-state index in [1.807, 2.05) is 4.68 Å². The molecule has 1 aromatic rings. The van der Waals surface area contributed by atoms with Gasteiger partial charge in [0.25, 0.3) is 0 Å². The van der Waals surface area contributed by atoms with Gasteiger partial charge in [0.05, 0.1) is 0 Å². The molecular weight excluding hydrogens is 228 g/mol. The summed E-state index contributed by atoms with van der Waals surface area (Å²) in [5, 5.41) is 4.24. The van der Waals surface area contributed by atoms with Gasteiger partial charge in [-0.2, -0.15) is 5.10 Å². The van der Waals surface area contributed by atoms with E-state index >= 15 is 0 Å². The zero-order valence-corrected chi connectivity index (χ0v) is 12.1. The van der Waals surface area contributed by atoms with E-state index in [1.54, 1.807) is 6.33 Å². The fraction of sp³-hybridized carbons (Fsp3) is 0.833. The standard InChI is InChI=1S/C12H26N6/c1-6-7-18-11(14-9-15-18)8-10(16-13)12(2,3)17(4)5/h9-10,16H,6-8,13H2,1-5H3. The first-order chi connectivity index (χ1) is 8.43. The summed E-state index contributed by atoms with van der Waals surface area (Å²) in [5.41, 5.74) is 2.85. The third kappa shape index (κ3) is 3.28. The van der Waals surface area contributed by atoms with Crippen molar-refractivity contribution in [3.63, 3.8) is 0 Å². The van der Waals surface area contributed by atoms with E-state index < -0.39 is 0 Å². The van der Waals surface area contributed by atoms with Crippen molar-refractivity contribution in [2.75, 3.05) is 14.1 Å². The highest BCUT2D eigenvalue weighted by Crippen LogP contribution is 2.18. The summed E-state index contributed by atoms with van der Waals surface area (Å²) in [6.07, 6.45) is 3.43. The van der Waals surface area contributed by atoms with Crippen molar-refractivity contribution < 1.29 is 0 Å². The SMILES string of the molecule is CCCn1ncnc1CC(NN)C(C)(C)N(C)C. The summed E-state index contributed by atoms with van der Waals surface area (Å²) in [6.45, 7) is 7.36. The smallest absolute Gasteiger partial charge is 0.138 e. The minimum absolute atomic E-state index is 0.0578. The van der Waals surface area contributed by atoms with Crippen LogP contribution in [0.1, 0.15) is 33.0 Å². The van der Waals surface area contributed by atoms with Gasteiger partial charge in [0.15, 0.2) is 0 Å². The van der Waals surface area contributed by atoms with E-state index in [1.165, 1.54) is 0 Å². The molecule has 6 heteroatoms. The Labute approximate surface area is 110 Å². The molecule has 104 valence electrons. The molecule has 3 N–H and O–H groups in total. The van der Waals surface area contributed by atoms with E-state index in [0.717, 1.165) is 25.2 Å². The second kappa shape index (κ2) is 6.26. The van der Waals surface area contributed by atoms with Crippen molar-refractivity contribution in [1.82, 2.24) is 25.1 Å². The van der Waals surface area contributed by atoms with Crippen LogP contribution in [-0.2, 0) is 13.0 Å². The topological polar surface area (TPSA) is 72.0 Å². The van der Waals surface area contributed by atoms with Crippen LogP contribution in [0.25, 0.3) is 0 Å². The number of nitrogens with two attached hydrogens (primary N) is 1. The average Bonchev–Trinajstić information content (AvgIpc) is 2.73. The first-order valence-electron chi connectivity index (χ1n) is 6.43. The molecule has 0 radical (unpaired) electrons. The van der Waals surface area contributed by atoms with Crippen molar-refractivity contribution >= 4 is 0 Å². The number of likely N-dealkylation sites (N-methyl/N-ethyl adjacent to an activating group) is 1. The molecule has 6 nitrogen and oxygen atoms in total. The lowest BCUT2D eigenvalue weighted by atomic mass is 9.91. The molecule has 0 bridgehead atoms. The van der Waals surface area contributed by atoms with Gasteiger partial charge in [-0.1, -0.05) is 6.92 Å². The quantitative estimate of drug-likeness (QED) is 0.544. The second-order valence-electron chi connectivity index (χ2n) is 5.37. The van der Waals surface area contributed by atoms with Gasteiger partial charge in [0.2, 0.25) is 0 Å². The second-order valence-corrected chi connectivity index (χ2v) is 5.37. The number of hydrogen-bond acceptors (Lipinski definition) is 5. The first-order valence-corrected chi connectivity index (χ1v) is 6.43. The molecule has 0 saturated carbocycles. The van der Waals surface area contributed by atoms with Crippen LogP contribution in [-0.4, -0.2) is 45.3 Å². The highest BCUT2D eigenvalue weighted by molar-refractivity contribution is 4.98. The van der Waals surface area contributed by atoms with E-state index in [9.17, 15) is 0 Å². The maximum Gasteiger partial charge on any atom is 0.138 e. The summed E-state index contributed by atoms with van der Waals surface area (Å²) in [4.78, 5) is 6.50.